The van der Waals surface area contributed by atoms with Crippen molar-refractivity contribution in [3.05, 3.63) is 71.8 Å². The SMILES string of the molecule is c1ccc(C2CC(CNC3CC3)(c3ccccc3)C2)cc1. The summed E-state index contributed by atoms with van der Waals surface area (Å²) in [5, 5.41) is 3.77. The summed E-state index contributed by atoms with van der Waals surface area (Å²) in [6.45, 7) is 1.14. The highest BCUT2D eigenvalue weighted by Crippen LogP contribution is 2.52. The highest BCUT2D eigenvalue weighted by molar-refractivity contribution is 5.35. The Kier molecular flexibility index (Phi) is 3.31. The highest BCUT2D eigenvalue weighted by atomic mass is 15.0. The number of hydrogen-bond acceptors (Lipinski definition) is 1. The lowest BCUT2D eigenvalue weighted by Crippen LogP contribution is -2.48. The topological polar surface area (TPSA) is 12.0 Å². The van der Waals surface area contributed by atoms with Gasteiger partial charge < -0.3 is 5.32 Å². The second-order valence-corrected chi connectivity index (χ2v) is 6.82. The molecular formula is C20H23N. The summed E-state index contributed by atoms with van der Waals surface area (Å²) >= 11 is 0. The molecule has 21 heavy (non-hydrogen) atoms. The third-order valence-corrected chi connectivity index (χ3v) is 5.24. The molecule has 2 aliphatic carbocycles. The Morgan fingerprint density at radius 2 is 1.48 bits per heavy atom. The fraction of sp³-hybridized carbons (Fsp3) is 0.400. The zero-order valence-corrected chi connectivity index (χ0v) is 12.5. The Morgan fingerprint density at radius 3 is 2.10 bits per heavy atom. The zero-order valence-electron chi connectivity index (χ0n) is 12.5. The minimum atomic E-state index is 0.352. The van der Waals surface area contributed by atoms with Gasteiger partial charge in [-0.3, -0.25) is 0 Å². The second kappa shape index (κ2) is 5.31. The van der Waals surface area contributed by atoms with E-state index in [4.69, 9.17) is 0 Å². The van der Waals surface area contributed by atoms with Gasteiger partial charge in [0.15, 0.2) is 0 Å². The van der Waals surface area contributed by atoms with E-state index >= 15 is 0 Å². The summed E-state index contributed by atoms with van der Waals surface area (Å²) in [5.41, 5.74) is 3.38. The van der Waals surface area contributed by atoms with E-state index in [9.17, 15) is 0 Å². The van der Waals surface area contributed by atoms with Gasteiger partial charge in [-0.05, 0) is 42.7 Å². The number of nitrogens with one attached hydrogen (secondary N) is 1. The molecule has 0 heterocycles. The molecule has 0 spiro atoms. The van der Waals surface area contributed by atoms with E-state index in [1.165, 1.54) is 36.8 Å². The normalized spacial score (nSPS) is 28.1. The largest absolute Gasteiger partial charge is 0.313 e. The molecule has 4 rings (SSSR count). The van der Waals surface area contributed by atoms with Gasteiger partial charge in [0, 0.05) is 18.0 Å². The molecular weight excluding hydrogens is 254 g/mol. The van der Waals surface area contributed by atoms with Crippen molar-refractivity contribution in [2.45, 2.75) is 43.1 Å². The average molecular weight is 277 g/mol. The molecule has 0 saturated heterocycles. The lowest BCUT2D eigenvalue weighted by molar-refractivity contribution is 0.193. The van der Waals surface area contributed by atoms with E-state index in [1.807, 2.05) is 0 Å². The zero-order chi connectivity index (χ0) is 14.1. The van der Waals surface area contributed by atoms with E-state index in [-0.39, 0.29) is 0 Å². The van der Waals surface area contributed by atoms with Crippen LogP contribution in [0, 0.1) is 0 Å². The summed E-state index contributed by atoms with van der Waals surface area (Å²) in [4.78, 5) is 0. The maximum Gasteiger partial charge on any atom is 0.00895 e. The third kappa shape index (κ3) is 2.63. The molecule has 2 fully saturated rings. The fourth-order valence-electron chi connectivity index (χ4n) is 3.75. The molecule has 0 bridgehead atoms. The molecule has 0 atom stereocenters. The summed E-state index contributed by atoms with van der Waals surface area (Å²) in [7, 11) is 0. The van der Waals surface area contributed by atoms with Crippen LogP contribution in [0.2, 0.25) is 0 Å². The van der Waals surface area contributed by atoms with Crippen molar-refractivity contribution in [3.63, 3.8) is 0 Å². The minimum Gasteiger partial charge on any atom is -0.313 e. The summed E-state index contributed by atoms with van der Waals surface area (Å²) < 4.78 is 0. The lowest BCUT2D eigenvalue weighted by atomic mass is 9.57. The van der Waals surface area contributed by atoms with Gasteiger partial charge in [-0.2, -0.15) is 0 Å². The molecule has 0 unspecified atom stereocenters. The van der Waals surface area contributed by atoms with Crippen molar-refractivity contribution in [2.75, 3.05) is 6.54 Å². The Morgan fingerprint density at radius 1 is 0.857 bits per heavy atom. The van der Waals surface area contributed by atoms with Crippen molar-refractivity contribution in [1.82, 2.24) is 5.32 Å². The van der Waals surface area contributed by atoms with E-state index in [0.717, 1.165) is 18.5 Å². The average Bonchev–Trinajstić information content (AvgIpc) is 3.33. The molecule has 2 aromatic carbocycles. The van der Waals surface area contributed by atoms with Crippen molar-refractivity contribution < 1.29 is 0 Å². The first-order valence-corrected chi connectivity index (χ1v) is 8.20. The van der Waals surface area contributed by atoms with Crippen LogP contribution < -0.4 is 5.32 Å². The summed E-state index contributed by atoms with van der Waals surface area (Å²) in [5.74, 6) is 0.729. The standard InChI is InChI=1S/C20H23N/c1-3-7-16(8-4-1)17-13-20(14-17,15-21-19-11-12-19)18-9-5-2-6-10-18/h1-10,17,19,21H,11-15H2. The van der Waals surface area contributed by atoms with Gasteiger partial charge in [-0.1, -0.05) is 60.7 Å². The van der Waals surface area contributed by atoms with Gasteiger partial charge in [0.25, 0.3) is 0 Å². The smallest absolute Gasteiger partial charge is 0.00895 e. The van der Waals surface area contributed by atoms with Crippen LogP contribution in [0.3, 0.4) is 0 Å². The van der Waals surface area contributed by atoms with E-state index in [1.54, 1.807) is 0 Å². The fourth-order valence-corrected chi connectivity index (χ4v) is 3.75. The van der Waals surface area contributed by atoms with Crippen LogP contribution in [-0.2, 0) is 5.41 Å². The van der Waals surface area contributed by atoms with Gasteiger partial charge in [-0.15, -0.1) is 0 Å². The van der Waals surface area contributed by atoms with Gasteiger partial charge in [0.1, 0.15) is 0 Å². The van der Waals surface area contributed by atoms with Crippen LogP contribution in [0.15, 0.2) is 60.7 Å². The first-order valence-electron chi connectivity index (χ1n) is 8.20. The maximum absolute atomic E-state index is 3.77. The van der Waals surface area contributed by atoms with Crippen LogP contribution in [0.25, 0.3) is 0 Å². The van der Waals surface area contributed by atoms with Gasteiger partial charge >= 0.3 is 0 Å². The molecule has 1 nitrogen and oxygen atoms in total. The summed E-state index contributed by atoms with van der Waals surface area (Å²) in [6.07, 6.45) is 5.29. The molecule has 2 aliphatic rings. The van der Waals surface area contributed by atoms with Crippen LogP contribution in [0.4, 0.5) is 0 Å². The Labute approximate surface area is 127 Å². The Bertz CT molecular complexity index is 580. The van der Waals surface area contributed by atoms with Crippen LogP contribution in [0.5, 0.6) is 0 Å². The van der Waals surface area contributed by atoms with Crippen molar-refractivity contribution in [1.29, 1.82) is 0 Å². The molecule has 108 valence electrons. The molecule has 1 N–H and O–H groups in total. The van der Waals surface area contributed by atoms with Gasteiger partial charge in [0.05, 0.1) is 0 Å². The third-order valence-electron chi connectivity index (χ3n) is 5.24. The second-order valence-electron chi connectivity index (χ2n) is 6.82. The molecule has 1 heteroatoms. The molecule has 0 radical (unpaired) electrons. The first-order chi connectivity index (χ1) is 10.4. The predicted octanol–water partition coefficient (Wildman–Crippen LogP) is 4.25. The van der Waals surface area contributed by atoms with Crippen LogP contribution >= 0.6 is 0 Å². The Balaban J connectivity index is 1.53. The minimum absolute atomic E-state index is 0.352. The van der Waals surface area contributed by atoms with Gasteiger partial charge in [-0.25, -0.2) is 0 Å². The van der Waals surface area contributed by atoms with E-state index in [0.29, 0.717) is 5.41 Å². The van der Waals surface area contributed by atoms with E-state index < -0.39 is 0 Å². The molecule has 0 aromatic heterocycles. The molecule has 0 aliphatic heterocycles. The molecule has 0 amide bonds. The Hall–Kier alpha value is -1.60. The van der Waals surface area contributed by atoms with Crippen LogP contribution in [0.1, 0.15) is 42.7 Å². The highest BCUT2D eigenvalue weighted by Gasteiger charge is 2.46. The number of benzene rings is 2. The van der Waals surface area contributed by atoms with Crippen LogP contribution in [-0.4, -0.2) is 12.6 Å². The molecule has 2 aromatic rings. The summed E-state index contributed by atoms with van der Waals surface area (Å²) in [6, 6.07) is 22.9. The lowest BCUT2D eigenvalue weighted by Gasteiger charge is -2.49. The maximum atomic E-state index is 3.77. The van der Waals surface area contributed by atoms with Gasteiger partial charge in [0.2, 0.25) is 0 Å². The monoisotopic (exact) mass is 277 g/mol. The van der Waals surface area contributed by atoms with Crippen molar-refractivity contribution in [3.8, 4) is 0 Å². The molecule has 2 saturated carbocycles. The predicted molar refractivity (Wildman–Crippen MR) is 87.6 cm³/mol. The number of hydrogen-bond donors (Lipinski definition) is 1. The quantitative estimate of drug-likeness (QED) is 0.861. The van der Waals surface area contributed by atoms with E-state index in [2.05, 4.69) is 66.0 Å². The van der Waals surface area contributed by atoms with Crippen molar-refractivity contribution >= 4 is 0 Å². The van der Waals surface area contributed by atoms with Crippen molar-refractivity contribution in [2.24, 2.45) is 0 Å². The number of rotatable bonds is 5. The first kappa shape index (κ1) is 13.1.